The Morgan fingerprint density at radius 1 is 1.38 bits per heavy atom. The normalized spacial score (nSPS) is 12.0. The summed E-state index contributed by atoms with van der Waals surface area (Å²) in [7, 11) is 1.47. The van der Waals surface area contributed by atoms with Crippen molar-refractivity contribution >= 4 is 17.7 Å². The van der Waals surface area contributed by atoms with Gasteiger partial charge >= 0.3 is 0 Å². The van der Waals surface area contributed by atoms with Crippen LogP contribution in [0.25, 0.3) is 5.82 Å². The van der Waals surface area contributed by atoms with Gasteiger partial charge in [0.25, 0.3) is 0 Å². The number of phenols is 1. The highest BCUT2D eigenvalue weighted by Crippen LogP contribution is 2.25. The van der Waals surface area contributed by atoms with E-state index in [0.29, 0.717) is 22.8 Å². The second-order valence-corrected chi connectivity index (χ2v) is 5.27. The van der Waals surface area contributed by atoms with Crippen molar-refractivity contribution in [3.63, 3.8) is 0 Å². The van der Waals surface area contributed by atoms with E-state index in [4.69, 9.17) is 10.5 Å². The van der Waals surface area contributed by atoms with Crippen LogP contribution < -0.4 is 10.5 Å². The van der Waals surface area contributed by atoms with Gasteiger partial charge < -0.3 is 15.6 Å². The highest BCUT2D eigenvalue weighted by atomic mass is 16.6. The maximum Gasteiger partial charge on any atom is 0.243 e. The lowest BCUT2D eigenvalue weighted by molar-refractivity contribution is 0.306. The average molecular weight is 356 g/mol. The van der Waals surface area contributed by atoms with Crippen molar-refractivity contribution in [2.24, 2.45) is 10.2 Å². The molecular weight excluding hydrogens is 340 g/mol. The first kappa shape index (κ1) is 17.1. The van der Waals surface area contributed by atoms with Gasteiger partial charge in [-0.25, -0.2) is 4.63 Å². The van der Waals surface area contributed by atoms with Gasteiger partial charge in [-0.05, 0) is 47.9 Å². The fraction of sp³-hybridized carbons (Fsp3) is 0.200. The van der Waals surface area contributed by atoms with E-state index in [1.807, 2.05) is 0 Å². The first-order valence-electron chi connectivity index (χ1n) is 7.47. The van der Waals surface area contributed by atoms with Crippen molar-refractivity contribution in [3.8, 4) is 17.3 Å². The Morgan fingerprint density at radius 3 is 2.88 bits per heavy atom. The minimum atomic E-state index is 0.0539. The number of nitrogens with two attached hydrogens (primary N) is 1. The number of phenolic OH excluding ortho intramolecular Hbond substituents is 1. The van der Waals surface area contributed by atoms with Crippen LogP contribution >= 0.6 is 0 Å². The summed E-state index contributed by atoms with van der Waals surface area (Å²) in [6.45, 7) is 3.54. The molecule has 3 N–H and O–H groups in total. The molecule has 0 radical (unpaired) electrons. The number of rotatable bonds is 5. The van der Waals surface area contributed by atoms with E-state index < -0.39 is 0 Å². The Balaban J connectivity index is 1.82. The molecule has 11 heteroatoms. The Labute approximate surface area is 147 Å². The van der Waals surface area contributed by atoms with Crippen molar-refractivity contribution in [1.82, 2.24) is 25.3 Å². The lowest BCUT2D eigenvalue weighted by Crippen LogP contribution is -2.04. The van der Waals surface area contributed by atoms with Gasteiger partial charge in [0, 0.05) is 0 Å². The van der Waals surface area contributed by atoms with Crippen LogP contribution in [0.2, 0.25) is 0 Å². The molecule has 1 aromatic carbocycles. The summed E-state index contributed by atoms with van der Waals surface area (Å²) in [6, 6.07) is 4.85. The molecular formula is C15H16N8O3. The molecule has 134 valence electrons. The minimum absolute atomic E-state index is 0.0539. The fourth-order valence-electron chi connectivity index (χ4n) is 2.21. The second-order valence-electron chi connectivity index (χ2n) is 5.27. The van der Waals surface area contributed by atoms with Crippen molar-refractivity contribution in [3.05, 3.63) is 35.2 Å². The monoisotopic (exact) mass is 356 g/mol. The molecule has 0 fully saturated rings. The van der Waals surface area contributed by atoms with E-state index in [2.05, 4.69) is 35.5 Å². The summed E-state index contributed by atoms with van der Waals surface area (Å²) in [5, 5.41) is 33.0. The molecule has 0 aliphatic carbocycles. The smallest absolute Gasteiger partial charge is 0.243 e. The van der Waals surface area contributed by atoms with Crippen LogP contribution in [0.3, 0.4) is 0 Å². The number of anilines is 1. The summed E-state index contributed by atoms with van der Waals surface area (Å²) in [6.07, 6.45) is 1.53. The molecule has 0 saturated heterocycles. The number of ether oxygens (including phenoxy) is 1. The molecule has 2 heterocycles. The zero-order valence-electron chi connectivity index (χ0n) is 14.3. The molecule has 0 unspecified atom stereocenters. The summed E-state index contributed by atoms with van der Waals surface area (Å²) >= 11 is 0. The standard InChI is InChI=1S/C15H16N8O3/c1-8(18-17-7-10-4-5-11(24)12(6-10)25-3)13-9(2)23(22-19-13)15-14(16)20-26-21-15/h4-7,24H,1-3H3,(H2,16,20)/b17-7-,18-8-. The number of benzene rings is 1. The molecule has 2 aromatic heterocycles. The summed E-state index contributed by atoms with van der Waals surface area (Å²) in [5.41, 5.74) is 8.13. The Morgan fingerprint density at radius 2 is 2.19 bits per heavy atom. The predicted molar refractivity (Wildman–Crippen MR) is 92.8 cm³/mol. The molecule has 3 aromatic rings. The quantitative estimate of drug-likeness (QED) is 0.509. The number of hydrogen-bond acceptors (Lipinski definition) is 10. The Kier molecular flexibility index (Phi) is 4.60. The molecule has 0 saturated carbocycles. The van der Waals surface area contributed by atoms with Gasteiger partial charge in [0.15, 0.2) is 11.5 Å². The molecule has 11 nitrogen and oxygen atoms in total. The predicted octanol–water partition coefficient (Wildman–Crippen LogP) is 1.10. The SMILES string of the molecule is COc1cc(/C=N\N=C(\C)c2nnn(-c3nonc3N)c2C)ccc1O. The van der Waals surface area contributed by atoms with E-state index in [0.717, 1.165) is 5.56 Å². The minimum Gasteiger partial charge on any atom is -0.504 e. The lowest BCUT2D eigenvalue weighted by Gasteiger charge is -2.02. The fourth-order valence-corrected chi connectivity index (χ4v) is 2.21. The van der Waals surface area contributed by atoms with Crippen LogP contribution in [0.1, 0.15) is 23.9 Å². The van der Waals surface area contributed by atoms with Gasteiger partial charge in [0.05, 0.1) is 24.7 Å². The van der Waals surface area contributed by atoms with Crippen molar-refractivity contribution < 1.29 is 14.5 Å². The third-order valence-electron chi connectivity index (χ3n) is 3.55. The van der Waals surface area contributed by atoms with Crippen LogP contribution in [-0.2, 0) is 0 Å². The summed E-state index contributed by atoms with van der Waals surface area (Å²) < 4.78 is 11.0. The van der Waals surface area contributed by atoms with Crippen LogP contribution in [0.4, 0.5) is 5.82 Å². The molecule has 0 aliphatic heterocycles. The topological polar surface area (TPSA) is 150 Å². The molecule has 0 spiro atoms. The van der Waals surface area contributed by atoms with E-state index in [9.17, 15) is 5.11 Å². The zero-order valence-corrected chi connectivity index (χ0v) is 14.3. The molecule has 0 aliphatic rings. The molecule has 3 rings (SSSR count). The first-order chi connectivity index (χ1) is 12.5. The summed E-state index contributed by atoms with van der Waals surface area (Å²) in [4.78, 5) is 0. The first-order valence-corrected chi connectivity index (χ1v) is 7.47. The number of nitrogen functional groups attached to an aromatic ring is 1. The highest BCUT2D eigenvalue weighted by molar-refractivity contribution is 5.98. The number of methoxy groups -OCH3 is 1. The van der Waals surface area contributed by atoms with E-state index >= 15 is 0 Å². The summed E-state index contributed by atoms with van der Waals surface area (Å²) in [5.74, 6) is 0.776. The van der Waals surface area contributed by atoms with Gasteiger partial charge in [-0.1, -0.05) is 5.21 Å². The van der Waals surface area contributed by atoms with Crippen molar-refractivity contribution in [1.29, 1.82) is 0 Å². The van der Waals surface area contributed by atoms with Crippen LogP contribution in [0.15, 0.2) is 33.0 Å². The molecule has 0 atom stereocenters. The van der Waals surface area contributed by atoms with E-state index in [1.54, 1.807) is 26.0 Å². The van der Waals surface area contributed by atoms with Crippen LogP contribution in [0, 0.1) is 6.92 Å². The molecule has 26 heavy (non-hydrogen) atoms. The van der Waals surface area contributed by atoms with Crippen molar-refractivity contribution in [2.45, 2.75) is 13.8 Å². The van der Waals surface area contributed by atoms with Gasteiger partial charge in [-0.3, -0.25) is 0 Å². The van der Waals surface area contributed by atoms with Gasteiger partial charge in [-0.15, -0.1) is 5.10 Å². The van der Waals surface area contributed by atoms with Crippen LogP contribution in [0.5, 0.6) is 11.5 Å². The van der Waals surface area contributed by atoms with Gasteiger partial charge in [0.2, 0.25) is 11.6 Å². The number of aromatic hydroxyl groups is 1. The second kappa shape index (κ2) is 7.01. The van der Waals surface area contributed by atoms with E-state index in [1.165, 1.54) is 24.1 Å². The number of nitrogens with zero attached hydrogens (tertiary/aromatic N) is 7. The van der Waals surface area contributed by atoms with E-state index in [-0.39, 0.29) is 17.4 Å². The largest absolute Gasteiger partial charge is 0.504 e. The lowest BCUT2D eigenvalue weighted by atomic mass is 10.2. The highest BCUT2D eigenvalue weighted by Gasteiger charge is 2.17. The maximum absolute atomic E-state index is 9.59. The van der Waals surface area contributed by atoms with Gasteiger partial charge in [-0.2, -0.15) is 14.9 Å². The zero-order chi connectivity index (χ0) is 18.7. The molecule has 0 amide bonds. The van der Waals surface area contributed by atoms with Gasteiger partial charge in [0.1, 0.15) is 5.69 Å². The third-order valence-corrected chi connectivity index (χ3v) is 3.55. The van der Waals surface area contributed by atoms with Crippen molar-refractivity contribution in [2.75, 3.05) is 12.8 Å². The Bertz CT molecular complexity index is 989. The number of hydrogen-bond donors (Lipinski definition) is 2. The third kappa shape index (κ3) is 3.22. The Hall–Kier alpha value is -3.76. The molecule has 0 bridgehead atoms. The maximum atomic E-state index is 9.59. The van der Waals surface area contributed by atoms with Crippen LogP contribution in [-0.4, -0.2) is 49.4 Å². The number of aromatic nitrogens is 5. The average Bonchev–Trinajstić information content (AvgIpc) is 3.21.